The van der Waals surface area contributed by atoms with Gasteiger partial charge in [0.2, 0.25) is 0 Å². The van der Waals surface area contributed by atoms with Crippen LogP contribution in [0.1, 0.15) is 22.7 Å². The molecule has 2 aromatic carbocycles. The highest BCUT2D eigenvalue weighted by molar-refractivity contribution is 9.10. The second kappa shape index (κ2) is 5.80. The van der Waals surface area contributed by atoms with Crippen molar-refractivity contribution in [1.29, 1.82) is 0 Å². The fraction of sp³-hybridized carbons (Fsp3) is 0.200. The van der Waals surface area contributed by atoms with Crippen LogP contribution >= 0.6 is 15.9 Å². The number of hydrogen-bond donors (Lipinski definition) is 1. The van der Waals surface area contributed by atoms with Gasteiger partial charge in [-0.15, -0.1) is 0 Å². The van der Waals surface area contributed by atoms with Crippen molar-refractivity contribution in [2.75, 3.05) is 7.05 Å². The number of aryl methyl sites for hydroxylation is 1. The molecule has 0 radical (unpaired) electrons. The molecule has 1 atom stereocenters. The average Bonchev–Trinajstić information content (AvgIpc) is 2.38. The largest absolute Gasteiger partial charge is 0.309 e. The standard InChI is InChI=1S/C15H14BrF2N/c1-9-3-4-10(7-13(9)16)15(19-2)12-8-11(17)5-6-14(12)18/h3-8,15,19H,1-2H3. The SMILES string of the molecule is CNC(c1ccc(C)c(Br)c1)c1cc(F)ccc1F. The van der Waals surface area contributed by atoms with Gasteiger partial charge in [0.1, 0.15) is 11.6 Å². The van der Waals surface area contributed by atoms with Crippen LogP contribution in [0.5, 0.6) is 0 Å². The number of rotatable bonds is 3. The van der Waals surface area contributed by atoms with Gasteiger partial charge in [-0.05, 0) is 49.4 Å². The summed E-state index contributed by atoms with van der Waals surface area (Å²) in [5, 5.41) is 3.02. The number of halogens is 3. The zero-order valence-electron chi connectivity index (χ0n) is 10.7. The molecule has 19 heavy (non-hydrogen) atoms. The first kappa shape index (κ1) is 14.2. The van der Waals surface area contributed by atoms with Gasteiger partial charge in [0.25, 0.3) is 0 Å². The second-order valence-corrected chi connectivity index (χ2v) is 5.25. The number of nitrogens with one attached hydrogen (secondary N) is 1. The molecule has 0 aromatic heterocycles. The van der Waals surface area contributed by atoms with Gasteiger partial charge < -0.3 is 5.32 Å². The van der Waals surface area contributed by atoms with Gasteiger partial charge in [0.05, 0.1) is 6.04 Å². The minimum absolute atomic E-state index is 0.304. The molecule has 100 valence electrons. The maximum Gasteiger partial charge on any atom is 0.128 e. The van der Waals surface area contributed by atoms with Gasteiger partial charge in [0, 0.05) is 10.0 Å². The molecular formula is C15H14BrF2N. The molecule has 0 aliphatic carbocycles. The summed E-state index contributed by atoms with van der Waals surface area (Å²) < 4.78 is 28.1. The van der Waals surface area contributed by atoms with Crippen LogP contribution in [0.2, 0.25) is 0 Å². The van der Waals surface area contributed by atoms with Crippen molar-refractivity contribution in [2.45, 2.75) is 13.0 Å². The molecule has 0 saturated heterocycles. The summed E-state index contributed by atoms with van der Waals surface area (Å²) in [6.07, 6.45) is 0. The molecule has 1 N–H and O–H groups in total. The highest BCUT2D eigenvalue weighted by atomic mass is 79.9. The predicted molar refractivity (Wildman–Crippen MR) is 76.1 cm³/mol. The van der Waals surface area contributed by atoms with Gasteiger partial charge in [-0.2, -0.15) is 0 Å². The second-order valence-electron chi connectivity index (χ2n) is 4.40. The van der Waals surface area contributed by atoms with Crippen LogP contribution in [-0.2, 0) is 0 Å². The van der Waals surface area contributed by atoms with Gasteiger partial charge in [-0.1, -0.05) is 28.1 Å². The van der Waals surface area contributed by atoms with E-state index in [4.69, 9.17) is 0 Å². The molecule has 0 bridgehead atoms. The Balaban J connectivity index is 2.49. The van der Waals surface area contributed by atoms with E-state index in [2.05, 4.69) is 21.2 Å². The Bertz CT molecular complexity index is 599. The lowest BCUT2D eigenvalue weighted by atomic mass is 9.97. The van der Waals surface area contributed by atoms with E-state index in [1.165, 1.54) is 6.07 Å². The third-order valence-electron chi connectivity index (χ3n) is 3.09. The lowest BCUT2D eigenvalue weighted by molar-refractivity contribution is 0.558. The van der Waals surface area contributed by atoms with Crippen LogP contribution < -0.4 is 5.32 Å². The van der Waals surface area contributed by atoms with Crippen LogP contribution in [0.4, 0.5) is 8.78 Å². The number of benzene rings is 2. The van der Waals surface area contributed by atoms with E-state index in [9.17, 15) is 8.78 Å². The lowest BCUT2D eigenvalue weighted by Crippen LogP contribution is -2.19. The Kier molecular flexibility index (Phi) is 4.32. The van der Waals surface area contributed by atoms with Crippen LogP contribution in [-0.4, -0.2) is 7.05 Å². The van der Waals surface area contributed by atoms with E-state index in [0.29, 0.717) is 5.56 Å². The van der Waals surface area contributed by atoms with Gasteiger partial charge in [-0.3, -0.25) is 0 Å². The Morgan fingerprint density at radius 1 is 1.11 bits per heavy atom. The van der Waals surface area contributed by atoms with Crippen molar-refractivity contribution in [3.8, 4) is 0 Å². The Morgan fingerprint density at radius 2 is 1.84 bits per heavy atom. The molecule has 0 saturated carbocycles. The van der Waals surface area contributed by atoms with Crippen molar-refractivity contribution in [2.24, 2.45) is 0 Å². The zero-order valence-corrected chi connectivity index (χ0v) is 12.3. The fourth-order valence-electron chi connectivity index (χ4n) is 2.03. The summed E-state index contributed by atoms with van der Waals surface area (Å²) in [4.78, 5) is 0. The smallest absolute Gasteiger partial charge is 0.128 e. The van der Waals surface area contributed by atoms with E-state index < -0.39 is 11.6 Å². The minimum atomic E-state index is -0.442. The van der Waals surface area contributed by atoms with Crippen molar-refractivity contribution >= 4 is 15.9 Å². The summed E-state index contributed by atoms with van der Waals surface area (Å²) in [6.45, 7) is 1.98. The minimum Gasteiger partial charge on any atom is -0.309 e. The van der Waals surface area contributed by atoms with Gasteiger partial charge in [-0.25, -0.2) is 8.78 Å². The highest BCUT2D eigenvalue weighted by Crippen LogP contribution is 2.28. The monoisotopic (exact) mass is 325 g/mol. The number of hydrogen-bond acceptors (Lipinski definition) is 1. The van der Waals surface area contributed by atoms with Crippen LogP contribution in [0.15, 0.2) is 40.9 Å². The van der Waals surface area contributed by atoms with Crippen molar-refractivity contribution in [3.05, 3.63) is 69.2 Å². The molecule has 2 aromatic rings. The van der Waals surface area contributed by atoms with Crippen molar-refractivity contribution < 1.29 is 8.78 Å². The summed E-state index contributed by atoms with van der Waals surface area (Å²) in [6, 6.07) is 8.89. The Morgan fingerprint density at radius 3 is 2.47 bits per heavy atom. The molecule has 0 heterocycles. The molecule has 1 unspecified atom stereocenters. The van der Waals surface area contributed by atoms with Crippen LogP contribution in [0, 0.1) is 18.6 Å². The zero-order chi connectivity index (χ0) is 14.0. The van der Waals surface area contributed by atoms with Crippen molar-refractivity contribution in [1.82, 2.24) is 5.32 Å². The predicted octanol–water partition coefficient (Wildman–Crippen LogP) is 4.34. The quantitative estimate of drug-likeness (QED) is 0.884. The molecule has 0 fully saturated rings. The molecule has 4 heteroatoms. The van der Waals surface area contributed by atoms with E-state index in [0.717, 1.165) is 27.7 Å². The maximum atomic E-state index is 13.9. The highest BCUT2D eigenvalue weighted by Gasteiger charge is 2.17. The lowest BCUT2D eigenvalue weighted by Gasteiger charge is -2.19. The third-order valence-corrected chi connectivity index (χ3v) is 3.94. The third kappa shape index (κ3) is 3.01. The van der Waals surface area contributed by atoms with E-state index in [1.54, 1.807) is 7.05 Å². The van der Waals surface area contributed by atoms with E-state index in [1.807, 2.05) is 25.1 Å². The Labute approximate surface area is 119 Å². The summed E-state index contributed by atoms with van der Waals surface area (Å²) in [5.41, 5.74) is 2.28. The molecule has 0 aliphatic rings. The van der Waals surface area contributed by atoms with E-state index in [-0.39, 0.29) is 6.04 Å². The molecule has 0 spiro atoms. The normalized spacial score (nSPS) is 12.5. The fourth-order valence-corrected chi connectivity index (χ4v) is 2.42. The molecule has 0 aliphatic heterocycles. The van der Waals surface area contributed by atoms with Crippen LogP contribution in [0.3, 0.4) is 0 Å². The average molecular weight is 326 g/mol. The summed E-state index contributed by atoms with van der Waals surface area (Å²) in [5.74, 6) is -0.861. The van der Waals surface area contributed by atoms with Gasteiger partial charge >= 0.3 is 0 Å². The summed E-state index contributed by atoms with van der Waals surface area (Å²) >= 11 is 3.45. The first-order chi connectivity index (χ1) is 9.02. The molecule has 1 nitrogen and oxygen atoms in total. The summed E-state index contributed by atoms with van der Waals surface area (Å²) in [7, 11) is 1.72. The molecule has 2 rings (SSSR count). The van der Waals surface area contributed by atoms with Gasteiger partial charge in [0.15, 0.2) is 0 Å². The Hall–Kier alpha value is -1.26. The maximum absolute atomic E-state index is 13.9. The first-order valence-corrected chi connectivity index (χ1v) is 6.70. The molecule has 0 amide bonds. The van der Waals surface area contributed by atoms with Crippen molar-refractivity contribution in [3.63, 3.8) is 0 Å². The van der Waals surface area contributed by atoms with E-state index >= 15 is 0 Å². The van der Waals surface area contributed by atoms with Crippen LogP contribution in [0.25, 0.3) is 0 Å². The molecular weight excluding hydrogens is 312 g/mol. The first-order valence-electron chi connectivity index (χ1n) is 5.91. The topological polar surface area (TPSA) is 12.0 Å².